The van der Waals surface area contributed by atoms with E-state index < -0.39 is 10.0 Å². The minimum atomic E-state index is -3.69. The van der Waals surface area contributed by atoms with Gasteiger partial charge in [0.15, 0.2) is 0 Å². The zero-order valence-corrected chi connectivity index (χ0v) is 18.6. The Balaban J connectivity index is 1.53. The Morgan fingerprint density at radius 2 is 1.71 bits per heavy atom. The highest BCUT2D eigenvalue weighted by Gasteiger charge is 2.30. The molecule has 31 heavy (non-hydrogen) atoms. The second kappa shape index (κ2) is 8.03. The maximum Gasteiger partial charge on any atom is 0.330 e. The standard InChI is InChI=1S/C21H25N5O4S/c1-15-11-16-5-4-6-18(20(16)22-13-15)31(29,30)26-9-7-25(8-10-26)14-17-12-19(27)24(3)21(28)23(17)2/h4-6,11-13H,7-10,14H2,1-3H3. The third-order valence-electron chi connectivity index (χ3n) is 5.77. The van der Waals surface area contributed by atoms with Gasteiger partial charge >= 0.3 is 5.69 Å². The summed E-state index contributed by atoms with van der Waals surface area (Å²) in [4.78, 5) is 30.7. The van der Waals surface area contributed by atoms with E-state index in [1.807, 2.05) is 24.0 Å². The quantitative estimate of drug-likeness (QED) is 0.581. The molecular weight excluding hydrogens is 418 g/mol. The Labute approximate surface area is 180 Å². The first kappa shape index (κ1) is 21.4. The van der Waals surface area contributed by atoms with Crippen LogP contribution < -0.4 is 11.2 Å². The van der Waals surface area contributed by atoms with E-state index in [0.29, 0.717) is 43.9 Å². The number of hydrogen-bond donors (Lipinski definition) is 0. The van der Waals surface area contributed by atoms with E-state index >= 15 is 0 Å². The molecule has 1 fully saturated rings. The SMILES string of the molecule is Cc1cnc2c(S(=O)(=O)N3CCN(Cc4cc(=O)n(C)c(=O)n4C)CC3)cccc2c1. The number of aryl methyl sites for hydroxylation is 1. The number of rotatable bonds is 4. The van der Waals surface area contributed by atoms with Crippen molar-refractivity contribution >= 4 is 20.9 Å². The number of hydrogen-bond acceptors (Lipinski definition) is 6. The van der Waals surface area contributed by atoms with Crippen LogP contribution in [0.3, 0.4) is 0 Å². The second-order valence-electron chi connectivity index (χ2n) is 7.90. The van der Waals surface area contributed by atoms with Crippen LogP contribution in [-0.2, 0) is 30.7 Å². The Morgan fingerprint density at radius 3 is 2.42 bits per heavy atom. The number of fused-ring (bicyclic) bond motifs is 1. The van der Waals surface area contributed by atoms with Gasteiger partial charge in [0, 0.05) is 70.2 Å². The van der Waals surface area contributed by atoms with Crippen LogP contribution in [0.5, 0.6) is 0 Å². The molecule has 1 saturated heterocycles. The van der Waals surface area contributed by atoms with Gasteiger partial charge in [-0.3, -0.25) is 23.8 Å². The third-order valence-corrected chi connectivity index (χ3v) is 7.70. The van der Waals surface area contributed by atoms with Crippen LogP contribution in [-0.4, -0.2) is 57.9 Å². The summed E-state index contributed by atoms with van der Waals surface area (Å²) in [5.74, 6) is 0. The topological polar surface area (TPSA) is 97.5 Å². The second-order valence-corrected chi connectivity index (χ2v) is 9.80. The van der Waals surface area contributed by atoms with Gasteiger partial charge < -0.3 is 0 Å². The predicted molar refractivity (Wildman–Crippen MR) is 117 cm³/mol. The lowest BCUT2D eigenvalue weighted by molar-refractivity contribution is 0.178. The Kier molecular flexibility index (Phi) is 5.54. The summed E-state index contributed by atoms with van der Waals surface area (Å²) in [7, 11) is -0.611. The van der Waals surface area contributed by atoms with Gasteiger partial charge in [-0.25, -0.2) is 13.2 Å². The van der Waals surface area contributed by atoms with Crippen LogP contribution in [0.2, 0.25) is 0 Å². The van der Waals surface area contributed by atoms with Gasteiger partial charge in [0.25, 0.3) is 5.56 Å². The zero-order chi connectivity index (χ0) is 22.3. The summed E-state index contributed by atoms with van der Waals surface area (Å²) < 4.78 is 30.6. The summed E-state index contributed by atoms with van der Waals surface area (Å²) in [5.41, 5.74) is 1.34. The number of sulfonamides is 1. The molecule has 164 valence electrons. The van der Waals surface area contributed by atoms with E-state index in [1.165, 1.54) is 22.0 Å². The van der Waals surface area contributed by atoms with Crippen molar-refractivity contribution < 1.29 is 8.42 Å². The molecule has 0 spiro atoms. The smallest absolute Gasteiger partial charge is 0.299 e. The Morgan fingerprint density at radius 1 is 1.00 bits per heavy atom. The van der Waals surface area contributed by atoms with Crippen LogP contribution in [0.25, 0.3) is 10.9 Å². The van der Waals surface area contributed by atoms with Crippen molar-refractivity contribution in [2.45, 2.75) is 18.4 Å². The van der Waals surface area contributed by atoms with Crippen molar-refractivity contribution in [3.05, 3.63) is 68.6 Å². The van der Waals surface area contributed by atoms with Gasteiger partial charge in [-0.15, -0.1) is 0 Å². The van der Waals surface area contributed by atoms with Gasteiger partial charge in [0.05, 0.1) is 5.52 Å². The molecule has 2 aromatic heterocycles. The highest BCUT2D eigenvalue weighted by atomic mass is 32.2. The van der Waals surface area contributed by atoms with Crippen LogP contribution in [0.4, 0.5) is 0 Å². The van der Waals surface area contributed by atoms with Crippen LogP contribution in [0.15, 0.2) is 51.0 Å². The molecule has 0 aliphatic carbocycles. The van der Waals surface area contributed by atoms with E-state index in [1.54, 1.807) is 25.4 Å². The van der Waals surface area contributed by atoms with Crippen LogP contribution >= 0.6 is 0 Å². The predicted octanol–water partition coefficient (Wildman–Crippen LogP) is 0.447. The third kappa shape index (κ3) is 3.93. The van der Waals surface area contributed by atoms with Gasteiger partial charge in [-0.05, 0) is 24.6 Å². The van der Waals surface area contributed by atoms with E-state index in [0.717, 1.165) is 15.5 Å². The first-order valence-corrected chi connectivity index (χ1v) is 11.5. The number of benzene rings is 1. The molecule has 0 radical (unpaired) electrons. The molecule has 0 N–H and O–H groups in total. The van der Waals surface area contributed by atoms with Gasteiger partial charge in [0.1, 0.15) is 4.90 Å². The number of pyridine rings is 1. The molecule has 4 rings (SSSR count). The Hall–Kier alpha value is -2.82. The molecule has 1 aliphatic rings. The highest BCUT2D eigenvalue weighted by molar-refractivity contribution is 7.89. The molecule has 0 saturated carbocycles. The normalized spacial score (nSPS) is 16.1. The lowest BCUT2D eigenvalue weighted by atomic mass is 10.2. The van der Waals surface area contributed by atoms with Crippen molar-refractivity contribution in [1.82, 2.24) is 23.3 Å². The number of para-hydroxylation sites is 1. The summed E-state index contributed by atoms with van der Waals surface area (Å²) in [6.07, 6.45) is 1.67. The monoisotopic (exact) mass is 443 g/mol. The van der Waals surface area contributed by atoms with E-state index in [4.69, 9.17) is 0 Å². The molecule has 0 atom stereocenters. The fourth-order valence-electron chi connectivity index (χ4n) is 3.88. The molecule has 0 unspecified atom stereocenters. The first-order valence-electron chi connectivity index (χ1n) is 10.0. The average Bonchev–Trinajstić information content (AvgIpc) is 2.75. The van der Waals surface area contributed by atoms with E-state index in [9.17, 15) is 18.0 Å². The maximum absolute atomic E-state index is 13.3. The fourth-order valence-corrected chi connectivity index (χ4v) is 5.46. The summed E-state index contributed by atoms with van der Waals surface area (Å²) in [6.45, 7) is 3.97. The molecule has 0 amide bonds. The molecule has 1 aliphatic heterocycles. The largest absolute Gasteiger partial charge is 0.330 e. The van der Waals surface area contributed by atoms with Gasteiger partial charge in [-0.2, -0.15) is 4.31 Å². The van der Waals surface area contributed by atoms with Crippen LogP contribution in [0.1, 0.15) is 11.3 Å². The summed E-state index contributed by atoms with van der Waals surface area (Å²) in [5, 5.41) is 0.797. The minimum Gasteiger partial charge on any atom is -0.299 e. The van der Waals surface area contributed by atoms with Crippen molar-refractivity contribution in [3.8, 4) is 0 Å². The van der Waals surface area contributed by atoms with Crippen molar-refractivity contribution in [2.24, 2.45) is 14.1 Å². The fraction of sp³-hybridized carbons (Fsp3) is 0.381. The lowest BCUT2D eigenvalue weighted by Crippen LogP contribution is -2.49. The molecule has 3 aromatic rings. The zero-order valence-electron chi connectivity index (χ0n) is 17.8. The molecule has 10 heteroatoms. The van der Waals surface area contributed by atoms with E-state index in [2.05, 4.69) is 4.98 Å². The Bertz CT molecular complexity index is 1370. The van der Waals surface area contributed by atoms with Crippen LogP contribution in [0, 0.1) is 6.92 Å². The van der Waals surface area contributed by atoms with Gasteiger partial charge in [-0.1, -0.05) is 12.1 Å². The summed E-state index contributed by atoms with van der Waals surface area (Å²) >= 11 is 0. The maximum atomic E-state index is 13.3. The highest BCUT2D eigenvalue weighted by Crippen LogP contribution is 2.25. The van der Waals surface area contributed by atoms with E-state index in [-0.39, 0.29) is 16.1 Å². The molecule has 9 nitrogen and oxygen atoms in total. The molecule has 3 heterocycles. The lowest BCUT2D eigenvalue weighted by Gasteiger charge is -2.34. The van der Waals surface area contributed by atoms with Gasteiger partial charge in [0.2, 0.25) is 10.0 Å². The minimum absolute atomic E-state index is 0.215. The number of aromatic nitrogens is 3. The van der Waals surface area contributed by atoms with Crippen molar-refractivity contribution in [3.63, 3.8) is 0 Å². The molecule has 1 aromatic carbocycles. The molecular formula is C21H25N5O4S. The number of piperazine rings is 1. The summed E-state index contributed by atoms with van der Waals surface area (Å²) in [6, 6.07) is 8.58. The van der Waals surface area contributed by atoms with Crippen molar-refractivity contribution in [2.75, 3.05) is 26.2 Å². The molecule has 0 bridgehead atoms. The first-order chi connectivity index (χ1) is 14.7. The number of nitrogens with zero attached hydrogens (tertiary/aromatic N) is 5. The van der Waals surface area contributed by atoms with Crippen molar-refractivity contribution in [1.29, 1.82) is 0 Å². The average molecular weight is 444 g/mol.